The van der Waals surface area contributed by atoms with Gasteiger partial charge in [0.2, 0.25) is 0 Å². The van der Waals surface area contributed by atoms with Crippen molar-refractivity contribution < 1.29 is 14.3 Å². The molecule has 9 nitrogen and oxygen atoms in total. The Kier molecular flexibility index (Phi) is 5.58. The van der Waals surface area contributed by atoms with Gasteiger partial charge in [0.15, 0.2) is 5.65 Å². The highest BCUT2D eigenvalue weighted by Crippen LogP contribution is 2.43. The van der Waals surface area contributed by atoms with Gasteiger partial charge in [-0.3, -0.25) is 0 Å². The molecule has 5 rings (SSSR count). The number of likely N-dealkylation sites (tertiary alicyclic amines) is 1. The molecule has 1 amide bonds. The number of hydrogen-bond acceptors (Lipinski definition) is 7. The van der Waals surface area contributed by atoms with E-state index in [1.165, 1.54) is 0 Å². The average molecular weight is 465 g/mol. The summed E-state index contributed by atoms with van der Waals surface area (Å²) in [6.07, 6.45) is 4.65. The molecule has 0 aromatic carbocycles. The summed E-state index contributed by atoms with van der Waals surface area (Å²) in [7, 11) is 1.68. The summed E-state index contributed by atoms with van der Waals surface area (Å²) in [6.45, 7) is 8.94. The lowest BCUT2D eigenvalue weighted by molar-refractivity contribution is 0.0293. The summed E-state index contributed by atoms with van der Waals surface area (Å²) < 4.78 is 12.9. The zero-order valence-electron chi connectivity index (χ0n) is 20.5. The van der Waals surface area contributed by atoms with Crippen LogP contribution in [0.15, 0.2) is 24.4 Å². The molecule has 1 aliphatic carbocycles. The molecule has 1 aliphatic heterocycles. The van der Waals surface area contributed by atoms with Crippen molar-refractivity contribution in [3.8, 4) is 17.1 Å². The Hall–Kier alpha value is -3.36. The number of nitrogens with zero attached hydrogens (tertiary/aromatic N) is 5. The minimum Gasteiger partial charge on any atom is -0.495 e. The molecule has 34 heavy (non-hydrogen) atoms. The zero-order valence-corrected chi connectivity index (χ0v) is 20.5. The summed E-state index contributed by atoms with van der Waals surface area (Å²) in [5.74, 6) is 2.02. The van der Waals surface area contributed by atoms with E-state index >= 15 is 0 Å². The number of pyridine rings is 1. The van der Waals surface area contributed by atoms with Crippen LogP contribution in [0.2, 0.25) is 0 Å². The van der Waals surface area contributed by atoms with Gasteiger partial charge in [0.25, 0.3) is 0 Å². The van der Waals surface area contributed by atoms with Gasteiger partial charge in [0.05, 0.1) is 19.0 Å². The van der Waals surface area contributed by atoms with Crippen LogP contribution in [-0.2, 0) is 4.74 Å². The lowest BCUT2D eigenvalue weighted by atomic mass is 10.2. The fourth-order valence-electron chi connectivity index (χ4n) is 4.34. The molecule has 0 radical (unpaired) electrons. The van der Waals surface area contributed by atoms with Crippen LogP contribution < -0.4 is 10.1 Å². The van der Waals surface area contributed by atoms with E-state index in [-0.39, 0.29) is 12.1 Å². The van der Waals surface area contributed by atoms with Crippen LogP contribution in [0.25, 0.3) is 17.0 Å². The number of aromatic nitrogens is 4. The highest BCUT2D eigenvalue weighted by Gasteiger charge is 2.31. The maximum absolute atomic E-state index is 12.4. The van der Waals surface area contributed by atoms with Crippen LogP contribution in [0.1, 0.15) is 57.2 Å². The van der Waals surface area contributed by atoms with E-state index in [1.807, 2.05) is 56.6 Å². The largest absolute Gasteiger partial charge is 0.495 e. The van der Waals surface area contributed by atoms with Gasteiger partial charge in [-0.2, -0.15) is 5.10 Å². The number of aryl methyl sites for hydroxylation is 1. The van der Waals surface area contributed by atoms with Gasteiger partial charge >= 0.3 is 6.09 Å². The summed E-state index contributed by atoms with van der Waals surface area (Å²) in [4.78, 5) is 23.6. The Balaban J connectivity index is 1.37. The molecular formula is C25H32N6O3. The number of carbonyl (C=O) groups excluding carboxylic acids is 1. The number of nitrogens with one attached hydrogen (secondary N) is 1. The van der Waals surface area contributed by atoms with E-state index in [0.29, 0.717) is 19.0 Å². The summed E-state index contributed by atoms with van der Waals surface area (Å²) in [5, 5.41) is 8.38. The standard InChI is InChI=1S/C25H32N6O3/c1-15-10-18(19-13-26-22-12-20(33-5)23(16-6-7-16)29-31(19)22)28-21(11-15)27-17-8-9-30(14-17)24(32)34-25(2,3)4/h10-13,16-17H,6-9,14H2,1-5H3,(H,27,28). The molecule has 0 bridgehead atoms. The number of carbonyl (C=O) groups is 1. The molecule has 1 atom stereocenters. The number of hydrogen-bond donors (Lipinski definition) is 1. The molecule has 2 aliphatic rings. The first kappa shape index (κ1) is 22.4. The van der Waals surface area contributed by atoms with E-state index in [1.54, 1.807) is 12.0 Å². The summed E-state index contributed by atoms with van der Waals surface area (Å²) >= 11 is 0. The lowest BCUT2D eigenvalue weighted by Gasteiger charge is -2.24. The van der Waals surface area contributed by atoms with Crippen molar-refractivity contribution in [2.45, 2.75) is 64.5 Å². The van der Waals surface area contributed by atoms with E-state index in [9.17, 15) is 4.79 Å². The number of amides is 1. The molecule has 1 saturated heterocycles. The third-order valence-corrected chi connectivity index (χ3v) is 6.09. The van der Waals surface area contributed by atoms with Crippen molar-refractivity contribution in [3.05, 3.63) is 35.7 Å². The number of ether oxygens (including phenoxy) is 2. The Morgan fingerprint density at radius 3 is 2.68 bits per heavy atom. The molecule has 1 saturated carbocycles. The topological polar surface area (TPSA) is 93.9 Å². The molecule has 4 heterocycles. The number of fused-ring (bicyclic) bond motifs is 1. The minimum atomic E-state index is -0.499. The van der Waals surface area contributed by atoms with Crippen LogP contribution >= 0.6 is 0 Å². The van der Waals surface area contributed by atoms with Gasteiger partial charge in [-0.1, -0.05) is 0 Å². The highest BCUT2D eigenvalue weighted by molar-refractivity contribution is 5.69. The lowest BCUT2D eigenvalue weighted by Crippen LogP contribution is -2.36. The molecule has 3 aromatic heterocycles. The van der Waals surface area contributed by atoms with Gasteiger partial charge in [0, 0.05) is 31.1 Å². The summed E-state index contributed by atoms with van der Waals surface area (Å²) in [6, 6.07) is 6.12. The van der Waals surface area contributed by atoms with E-state index in [0.717, 1.165) is 59.1 Å². The average Bonchev–Trinajstić information content (AvgIpc) is 3.36. The predicted octanol–water partition coefficient (Wildman–Crippen LogP) is 4.41. The van der Waals surface area contributed by atoms with Gasteiger partial charge in [0.1, 0.15) is 28.6 Å². The third-order valence-electron chi connectivity index (χ3n) is 6.09. The molecule has 180 valence electrons. The van der Waals surface area contributed by atoms with E-state index in [2.05, 4.69) is 10.3 Å². The summed E-state index contributed by atoms with van der Waals surface area (Å²) in [5.41, 5.74) is 3.94. The van der Waals surface area contributed by atoms with Crippen molar-refractivity contribution >= 4 is 17.6 Å². The number of imidazole rings is 1. The second-order valence-corrected chi connectivity index (χ2v) is 10.3. The molecule has 3 aromatic rings. The van der Waals surface area contributed by atoms with Crippen molar-refractivity contribution in [2.24, 2.45) is 0 Å². The molecular weight excluding hydrogens is 432 g/mol. The Bertz CT molecular complexity index is 1230. The Morgan fingerprint density at radius 2 is 1.97 bits per heavy atom. The molecule has 9 heteroatoms. The van der Waals surface area contributed by atoms with Crippen LogP contribution in [0.5, 0.6) is 5.75 Å². The third kappa shape index (κ3) is 4.64. The Labute approximate surface area is 199 Å². The second-order valence-electron chi connectivity index (χ2n) is 10.3. The van der Waals surface area contributed by atoms with Crippen LogP contribution in [0.4, 0.5) is 10.6 Å². The molecule has 0 spiro atoms. The van der Waals surface area contributed by atoms with Crippen molar-refractivity contribution in [2.75, 3.05) is 25.5 Å². The highest BCUT2D eigenvalue weighted by atomic mass is 16.6. The maximum Gasteiger partial charge on any atom is 0.410 e. The minimum absolute atomic E-state index is 0.112. The fourth-order valence-corrected chi connectivity index (χ4v) is 4.34. The number of methoxy groups -OCH3 is 1. The SMILES string of the molecule is COc1cc2ncc(-c3cc(C)cc(NC4CCN(C(=O)OC(C)(C)C)C4)n3)n2nc1C1CC1. The molecule has 1 N–H and O–H groups in total. The maximum atomic E-state index is 12.4. The van der Waals surface area contributed by atoms with E-state index < -0.39 is 5.60 Å². The number of anilines is 1. The smallest absolute Gasteiger partial charge is 0.410 e. The zero-order chi connectivity index (χ0) is 24.0. The first-order valence-electron chi connectivity index (χ1n) is 11.9. The fraction of sp³-hybridized carbons (Fsp3) is 0.520. The predicted molar refractivity (Wildman–Crippen MR) is 129 cm³/mol. The monoisotopic (exact) mass is 464 g/mol. The second kappa shape index (κ2) is 8.45. The molecule has 2 fully saturated rings. The van der Waals surface area contributed by atoms with Gasteiger partial charge in [-0.15, -0.1) is 0 Å². The van der Waals surface area contributed by atoms with Gasteiger partial charge in [-0.05, 0) is 64.7 Å². The van der Waals surface area contributed by atoms with E-state index in [4.69, 9.17) is 19.6 Å². The van der Waals surface area contributed by atoms with Crippen molar-refractivity contribution in [3.63, 3.8) is 0 Å². The molecule has 1 unspecified atom stereocenters. The first-order valence-corrected chi connectivity index (χ1v) is 11.9. The van der Waals surface area contributed by atoms with Crippen molar-refractivity contribution in [1.82, 2.24) is 24.5 Å². The first-order chi connectivity index (χ1) is 16.2. The van der Waals surface area contributed by atoms with Crippen LogP contribution in [-0.4, -0.2) is 62.4 Å². The van der Waals surface area contributed by atoms with Crippen LogP contribution in [0.3, 0.4) is 0 Å². The van der Waals surface area contributed by atoms with Crippen molar-refractivity contribution in [1.29, 1.82) is 0 Å². The normalized spacial score (nSPS) is 18.4. The van der Waals surface area contributed by atoms with Crippen LogP contribution in [0, 0.1) is 6.92 Å². The quantitative estimate of drug-likeness (QED) is 0.598. The number of rotatable bonds is 5. The van der Waals surface area contributed by atoms with Gasteiger partial charge < -0.3 is 19.7 Å². The Morgan fingerprint density at radius 1 is 1.18 bits per heavy atom. The van der Waals surface area contributed by atoms with Gasteiger partial charge in [-0.25, -0.2) is 19.3 Å².